The van der Waals surface area contributed by atoms with Crippen LogP contribution in [0.25, 0.3) is 0 Å². The highest BCUT2D eigenvalue weighted by molar-refractivity contribution is 5.58. The summed E-state index contributed by atoms with van der Waals surface area (Å²) >= 11 is 0. The van der Waals surface area contributed by atoms with Gasteiger partial charge in [0.05, 0.1) is 6.04 Å². The number of anilines is 1. The number of nitro groups is 1. The third-order valence-corrected chi connectivity index (χ3v) is 3.74. The Labute approximate surface area is 94.0 Å². The Bertz CT molecular complexity index is 433. The molecule has 3 rings (SSSR count). The molecule has 0 bridgehead atoms. The van der Waals surface area contributed by atoms with Crippen LogP contribution in [0.1, 0.15) is 18.4 Å². The topological polar surface area (TPSA) is 46.4 Å². The Kier molecular flexibility index (Phi) is 2.09. The summed E-state index contributed by atoms with van der Waals surface area (Å²) in [7, 11) is 0. The van der Waals surface area contributed by atoms with Gasteiger partial charge >= 0.3 is 0 Å². The van der Waals surface area contributed by atoms with E-state index in [1.807, 2.05) is 18.2 Å². The number of para-hydroxylation sites is 1. The maximum absolute atomic E-state index is 11.1. The first-order chi connectivity index (χ1) is 7.77. The van der Waals surface area contributed by atoms with Crippen molar-refractivity contribution in [3.05, 3.63) is 39.9 Å². The van der Waals surface area contributed by atoms with E-state index in [0.29, 0.717) is 6.42 Å². The monoisotopic (exact) mass is 218 g/mol. The predicted molar refractivity (Wildman–Crippen MR) is 61.3 cm³/mol. The fourth-order valence-corrected chi connectivity index (χ4v) is 3.03. The van der Waals surface area contributed by atoms with Crippen molar-refractivity contribution in [3.63, 3.8) is 0 Å². The first-order valence-corrected chi connectivity index (χ1v) is 5.75. The number of hydrogen-bond acceptors (Lipinski definition) is 3. The number of rotatable bonds is 1. The van der Waals surface area contributed by atoms with E-state index in [9.17, 15) is 10.1 Å². The molecule has 84 valence electrons. The molecule has 0 aromatic heterocycles. The lowest BCUT2D eigenvalue weighted by Crippen LogP contribution is -2.48. The second-order valence-corrected chi connectivity index (χ2v) is 4.59. The smallest absolute Gasteiger partial charge is 0.237 e. The molecule has 1 aromatic rings. The van der Waals surface area contributed by atoms with Crippen LogP contribution in [0.15, 0.2) is 24.3 Å². The van der Waals surface area contributed by atoms with E-state index in [1.165, 1.54) is 5.69 Å². The van der Waals surface area contributed by atoms with Gasteiger partial charge in [-0.05, 0) is 24.5 Å². The second kappa shape index (κ2) is 3.47. The van der Waals surface area contributed by atoms with Crippen molar-refractivity contribution in [1.29, 1.82) is 0 Å². The average molecular weight is 218 g/mol. The Balaban J connectivity index is 2.05. The summed E-state index contributed by atoms with van der Waals surface area (Å²) in [6.45, 7) is 0.964. The van der Waals surface area contributed by atoms with Crippen LogP contribution >= 0.6 is 0 Å². The van der Waals surface area contributed by atoms with Gasteiger partial charge in [-0.1, -0.05) is 18.2 Å². The van der Waals surface area contributed by atoms with Crippen LogP contribution in [-0.4, -0.2) is 23.6 Å². The molecule has 16 heavy (non-hydrogen) atoms. The van der Waals surface area contributed by atoms with Gasteiger partial charge < -0.3 is 4.90 Å². The van der Waals surface area contributed by atoms with E-state index >= 15 is 0 Å². The minimum absolute atomic E-state index is 0.0983. The summed E-state index contributed by atoms with van der Waals surface area (Å²) in [6, 6.07) is 7.78. The SMILES string of the molecule is O=[N+]([O-])C1Cc2ccccc2N2CCCC12. The summed E-state index contributed by atoms with van der Waals surface area (Å²) in [5.41, 5.74) is 2.34. The van der Waals surface area contributed by atoms with Crippen LogP contribution in [0, 0.1) is 10.1 Å². The van der Waals surface area contributed by atoms with Gasteiger partial charge in [0.2, 0.25) is 6.04 Å². The highest BCUT2D eigenvalue weighted by atomic mass is 16.6. The van der Waals surface area contributed by atoms with Gasteiger partial charge in [0.25, 0.3) is 0 Å². The average Bonchev–Trinajstić information content (AvgIpc) is 2.76. The molecule has 0 aliphatic carbocycles. The van der Waals surface area contributed by atoms with E-state index in [4.69, 9.17) is 0 Å². The number of hydrogen-bond donors (Lipinski definition) is 0. The minimum atomic E-state index is -0.419. The summed E-state index contributed by atoms with van der Waals surface area (Å²) in [6.07, 6.45) is 2.62. The van der Waals surface area contributed by atoms with Gasteiger partial charge in [-0.2, -0.15) is 0 Å². The van der Waals surface area contributed by atoms with Gasteiger partial charge in [-0.25, -0.2) is 0 Å². The zero-order valence-electron chi connectivity index (χ0n) is 9.00. The lowest BCUT2D eigenvalue weighted by Gasteiger charge is -2.35. The predicted octanol–water partition coefficient (Wildman–Crippen LogP) is 1.86. The Morgan fingerprint density at radius 3 is 3.00 bits per heavy atom. The first kappa shape index (κ1) is 9.63. The zero-order valence-corrected chi connectivity index (χ0v) is 9.00. The molecule has 1 saturated heterocycles. The molecule has 2 aliphatic heterocycles. The van der Waals surface area contributed by atoms with Gasteiger partial charge in [-0.3, -0.25) is 10.1 Å². The summed E-state index contributed by atoms with van der Waals surface area (Å²) < 4.78 is 0. The second-order valence-electron chi connectivity index (χ2n) is 4.59. The molecule has 2 atom stereocenters. The van der Waals surface area contributed by atoms with E-state index in [-0.39, 0.29) is 11.0 Å². The molecule has 1 fully saturated rings. The summed E-state index contributed by atoms with van der Waals surface area (Å²) in [5.74, 6) is 0. The molecular formula is C12H14N2O2. The Morgan fingerprint density at radius 2 is 2.19 bits per heavy atom. The lowest BCUT2D eigenvalue weighted by molar-refractivity contribution is -0.525. The van der Waals surface area contributed by atoms with Crippen LogP contribution in [0.5, 0.6) is 0 Å². The third kappa shape index (κ3) is 1.29. The van der Waals surface area contributed by atoms with Crippen LogP contribution in [0.2, 0.25) is 0 Å². The molecule has 0 radical (unpaired) electrons. The molecule has 0 spiro atoms. The van der Waals surface area contributed by atoms with E-state index in [1.54, 1.807) is 0 Å². The van der Waals surface area contributed by atoms with Gasteiger partial charge in [-0.15, -0.1) is 0 Å². The van der Waals surface area contributed by atoms with Gasteiger partial charge in [0, 0.05) is 23.6 Å². The molecule has 4 heteroatoms. The quantitative estimate of drug-likeness (QED) is 0.534. The fraction of sp³-hybridized carbons (Fsp3) is 0.500. The van der Waals surface area contributed by atoms with Crippen LogP contribution < -0.4 is 4.90 Å². The Hall–Kier alpha value is -1.58. The molecule has 0 N–H and O–H groups in total. The summed E-state index contributed by atoms with van der Waals surface area (Å²) in [4.78, 5) is 13.2. The van der Waals surface area contributed by atoms with Crippen LogP contribution in [0.3, 0.4) is 0 Å². The zero-order chi connectivity index (χ0) is 11.1. The highest BCUT2D eigenvalue weighted by Gasteiger charge is 2.43. The molecule has 2 aliphatic rings. The van der Waals surface area contributed by atoms with Crippen LogP contribution in [0.4, 0.5) is 5.69 Å². The van der Waals surface area contributed by atoms with Crippen molar-refractivity contribution in [1.82, 2.24) is 0 Å². The van der Waals surface area contributed by atoms with Crippen LogP contribution in [-0.2, 0) is 6.42 Å². The van der Waals surface area contributed by atoms with E-state index < -0.39 is 6.04 Å². The van der Waals surface area contributed by atoms with Crippen molar-refractivity contribution < 1.29 is 4.92 Å². The van der Waals surface area contributed by atoms with Crippen molar-refractivity contribution in [3.8, 4) is 0 Å². The number of nitrogens with zero attached hydrogens (tertiary/aromatic N) is 2. The minimum Gasteiger partial charge on any atom is -0.361 e. The standard InChI is InChI=1S/C12H14N2O2/c15-14(16)12-8-9-4-1-2-5-10(9)13-7-3-6-11(12)13/h1-2,4-5,11-12H,3,6-8H2. The van der Waals surface area contributed by atoms with Gasteiger partial charge in [0.15, 0.2) is 0 Å². The van der Waals surface area contributed by atoms with Crippen molar-refractivity contribution >= 4 is 5.69 Å². The molecular weight excluding hydrogens is 204 g/mol. The first-order valence-electron chi connectivity index (χ1n) is 5.75. The van der Waals surface area contributed by atoms with Crippen molar-refractivity contribution in [2.75, 3.05) is 11.4 Å². The van der Waals surface area contributed by atoms with E-state index in [2.05, 4.69) is 11.0 Å². The molecule has 1 aromatic carbocycles. The lowest BCUT2D eigenvalue weighted by atomic mass is 9.92. The molecule has 4 nitrogen and oxygen atoms in total. The third-order valence-electron chi connectivity index (χ3n) is 3.74. The largest absolute Gasteiger partial charge is 0.361 e. The highest BCUT2D eigenvalue weighted by Crippen LogP contribution is 2.36. The maximum atomic E-state index is 11.1. The molecule has 0 amide bonds. The summed E-state index contributed by atoms with van der Waals surface area (Å²) in [5, 5.41) is 11.1. The van der Waals surface area contributed by atoms with Crippen molar-refractivity contribution in [2.45, 2.75) is 31.3 Å². The maximum Gasteiger partial charge on any atom is 0.237 e. The normalized spacial score (nSPS) is 27.4. The molecule has 2 heterocycles. The van der Waals surface area contributed by atoms with Crippen molar-refractivity contribution in [2.24, 2.45) is 0 Å². The van der Waals surface area contributed by atoms with Gasteiger partial charge in [0.1, 0.15) is 0 Å². The van der Waals surface area contributed by atoms with E-state index in [0.717, 1.165) is 24.9 Å². The Morgan fingerprint density at radius 1 is 1.38 bits per heavy atom. The fourth-order valence-electron chi connectivity index (χ4n) is 3.03. The molecule has 2 unspecified atom stereocenters. The molecule has 0 saturated carbocycles. The number of benzene rings is 1. The number of fused-ring (bicyclic) bond motifs is 3.